The molecule has 750 valence electrons. The smallest absolute Gasteiger partial charge is 0.359 e. The normalized spacial score (nSPS) is 15.8. The van der Waals surface area contributed by atoms with Crippen molar-refractivity contribution in [2.45, 2.75) is 207 Å². The van der Waals surface area contributed by atoms with Crippen LogP contribution in [-0.4, -0.2) is 201 Å². The summed E-state index contributed by atoms with van der Waals surface area (Å²) in [6.45, 7) is 15.8. The Morgan fingerprint density at radius 1 is 0.449 bits per heavy atom. The number of carbonyl (C=O) groups excluding carboxylic acids is 2. The Morgan fingerprint density at radius 2 is 0.775 bits per heavy atom. The number of halogens is 20. The summed E-state index contributed by atoms with van der Waals surface area (Å²) in [7, 11) is 0. The summed E-state index contributed by atoms with van der Waals surface area (Å²) < 4.78 is 149. The number of aliphatic imine (C=N–C) groups is 1. The third-order valence-electron chi connectivity index (χ3n) is 20.5. The molecule has 0 aromatic carbocycles. The van der Waals surface area contributed by atoms with Crippen molar-refractivity contribution in [2.24, 2.45) is 10.7 Å². The Morgan fingerprint density at radius 3 is 1.09 bits per heavy atom. The van der Waals surface area contributed by atoms with Crippen LogP contribution >= 0.6 is 128 Å². The van der Waals surface area contributed by atoms with Gasteiger partial charge in [-0.15, -0.1) is 12.4 Å². The van der Waals surface area contributed by atoms with E-state index in [4.69, 9.17) is 151 Å². The van der Waals surface area contributed by atoms with E-state index in [0.717, 1.165) is 27.8 Å². The monoisotopic (exact) mass is 2150 g/mol. The summed E-state index contributed by atoms with van der Waals surface area (Å²) in [5.41, 5.74) is 12.6. The molecular formula is C89H100Cl11F9N20O9. The first-order chi connectivity index (χ1) is 64.9. The van der Waals surface area contributed by atoms with Gasteiger partial charge in [0.05, 0.1) is 75.6 Å². The third kappa shape index (κ3) is 36.5. The Labute approximate surface area is 845 Å². The molecule has 3 saturated carbocycles. The molecule has 0 spiro atoms. The van der Waals surface area contributed by atoms with Gasteiger partial charge in [-0.25, -0.2) is 102 Å². The van der Waals surface area contributed by atoms with Crippen LogP contribution in [0.2, 0.25) is 50.9 Å². The predicted octanol–water partition coefficient (Wildman–Crippen LogP) is 22.6. The van der Waals surface area contributed by atoms with Crippen LogP contribution in [0.3, 0.4) is 0 Å². The number of ether oxygens (including phenoxy) is 5. The molecule has 29 nitrogen and oxygen atoms in total. The number of esters is 2. The standard InChI is InChI=1S/C19H23F3N4O2.C16H18ClF3N4.C12H11Cl2N3O2.C10H8Cl2FN3.C10H9Cl2N3O.C8H11NO2.C6H11F2N.C5H2Cl3N.C3H6O2.ClH/c1-12-9-26(25-16(12)8-20)18-7-14(28-15-10-27-11-15)6-17(24-18)23-13-2-4-19(21,22)5-3-13;1-10-9-24(23-13(10)8-18)15-7-11(17)6-14(22-15)21-12-2-4-16(19,20)5-3-12;1-3-19-12(18)11-7(2)6-17(16-11)10-5-8(13)4-9(14)15-10;1-6-5-16(15-8(6)4-13)10-3-7(11)2-9(12)14-10;1-6-4-15(14-8(6)5-16)10-3-7(11)2-9(12)13-10;1-3-11-8(10)7-6(2)4-5-9-7;7-6(8)3-1-5(9)2-4-6;6-3-1-4(7)9-5(8)2-3;4-3-1-5-2-3;/h6-7,9,13,15H,2-5,8,10-11H2,1H3,(H,23,24);6-7,9,12H,2-5,8H2,1H3,(H,21,22);4-6H,3H2,1-2H3;2-3,5H,4H2,1H3;2-4,16H,5H2,1H3;4H,3,5H2,1-2H3;5H,1-4,9H2;1-2H;3-4H,1-2H2;1H. The lowest BCUT2D eigenvalue weighted by Gasteiger charge is -2.30. The van der Waals surface area contributed by atoms with Crippen LogP contribution in [0.1, 0.15) is 159 Å². The molecule has 14 heterocycles. The zero-order valence-corrected chi connectivity index (χ0v) is 83.9. The summed E-state index contributed by atoms with van der Waals surface area (Å²) in [5.74, 6) is -4.37. The van der Waals surface area contributed by atoms with Gasteiger partial charge < -0.3 is 50.3 Å². The van der Waals surface area contributed by atoms with Gasteiger partial charge >= 0.3 is 11.9 Å². The Balaban J connectivity index is 0.000000197. The van der Waals surface area contributed by atoms with Gasteiger partial charge in [-0.05, 0) is 158 Å². The number of carbonyl (C=O) groups is 2. The van der Waals surface area contributed by atoms with Gasteiger partial charge in [0.1, 0.15) is 81.1 Å². The van der Waals surface area contributed by atoms with E-state index in [1.807, 2.05) is 19.9 Å². The molecule has 138 heavy (non-hydrogen) atoms. The van der Waals surface area contributed by atoms with Crippen molar-refractivity contribution in [3.8, 4) is 34.8 Å². The zero-order valence-electron chi connectivity index (χ0n) is 75.6. The second kappa shape index (κ2) is 54.3. The van der Waals surface area contributed by atoms with Gasteiger partial charge in [-0.3, -0.25) is 4.99 Å². The van der Waals surface area contributed by atoms with Gasteiger partial charge in [0, 0.05) is 155 Å². The Bertz CT molecular complexity index is 5680. The summed E-state index contributed by atoms with van der Waals surface area (Å²) in [6.07, 6.45) is 12.1. The van der Waals surface area contributed by atoms with E-state index in [2.05, 4.69) is 75.8 Å². The fourth-order valence-electron chi connectivity index (χ4n) is 13.0. The number of pyridine rings is 6. The van der Waals surface area contributed by atoms with Gasteiger partial charge in [0.15, 0.2) is 34.8 Å². The van der Waals surface area contributed by atoms with Crippen LogP contribution < -0.4 is 21.1 Å². The quantitative estimate of drug-likeness (QED) is 0.0285. The predicted molar refractivity (Wildman–Crippen MR) is 516 cm³/mol. The highest BCUT2D eigenvalue weighted by molar-refractivity contribution is 6.43. The molecule has 6 N–H and O–H groups in total. The maximum Gasteiger partial charge on any atom is 0.359 e. The number of aliphatic hydroxyl groups excluding tert-OH is 2. The first kappa shape index (κ1) is 114. The largest absolute Gasteiger partial charge is 0.485 e. The number of nitrogens with two attached hydrogens (primary N) is 1. The summed E-state index contributed by atoms with van der Waals surface area (Å²) in [6, 6.07) is 19.1. The Kier molecular flexibility index (Phi) is 45.0. The van der Waals surface area contributed by atoms with Crippen LogP contribution in [0.5, 0.6) is 5.75 Å². The Hall–Kier alpha value is -8.94. The van der Waals surface area contributed by atoms with Crippen molar-refractivity contribution in [3.05, 3.63) is 223 Å². The summed E-state index contributed by atoms with van der Waals surface area (Å²) in [4.78, 5) is 51.6. The van der Waals surface area contributed by atoms with E-state index in [9.17, 15) is 49.1 Å². The number of rotatable bonds is 19. The number of nitrogens with zero attached hydrogens (tertiary/aromatic N) is 17. The van der Waals surface area contributed by atoms with Crippen LogP contribution in [-0.2, 0) is 50.4 Å². The van der Waals surface area contributed by atoms with Crippen LogP contribution in [0.25, 0.3) is 29.1 Å². The second-order valence-electron chi connectivity index (χ2n) is 31.6. The minimum Gasteiger partial charge on any atom is -0.485 e. The molecule has 0 amide bonds. The van der Waals surface area contributed by atoms with Crippen LogP contribution in [0.4, 0.5) is 51.1 Å². The molecule has 2 saturated heterocycles. The number of nitrogens with one attached hydrogen (secondary N) is 2. The SMILES string of the molecule is CCOC(=O)C1=NCC=C1C.CCOC(=O)c1nn(-c2cc(Cl)cc(Cl)n2)cc1C.Cc1cn(-c2cc(Cl)cc(Cl)n2)nc1CF.Cc1cn(-c2cc(Cl)cc(Cl)n2)nc1CO.Cc1cn(-c2cc(Cl)cc(NC3CCC(F)(F)CC3)n2)nc1CF.Cc1cn(-c2cc(OC3COC3)cc(NC3CCC(F)(F)CC3)n2)nc1CF.Cl.Clc1cc(Cl)nc(Cl)c1.NC1CCC(F)(F)CC1.OC1COC1. The molecule has 17 rings (SSSR count). The molecule has 5 fully saturated rings. The molecule has 0 radical (unpaired) electrons. The maximum atomic E-state index is 13.4. The number of hydrogen-bond acceptors (Lipinski definition) is 24. The maximum absolute atomic E-state index is 13.4. The number of hydrogen-bond donors (Lipinski definition) is 5. The first-order valence-electron chi connectivity index (χ1n) is 42.6. The first-order valence-corrected chi connectivity index (χ1v) is 46.4. The number of aryl methyl sites for hydroxylation is 5. The van der Waals surface area contributed by atoms with Crippen molar-refractivity contribution >= 4 is 158 Å². The minimum absolute atomic E-state index is 0. The number of anilines is 2. The number of aromatic nitrogens is 16. The van der Waals surface area contributed by atoms with Crippen LogP contribution in [0.15, 0.2) is 120 Å². The third-order valence-corrected chi connectivity index (χ3v) is 22.6. The average molecular weight is 2150 g/mol. The van der Waals surface area contributed by atoms with Crippen molar-refractivity contribution in [2.75, 3.05) is 56.8 Å². The van der Waals surface area contributed by atoms with E-state index >= 15 is 0 Å². The highest BCUT2D eigenvalue weighted by Crippen LogP contribution is 2.38. The van der Waals surface area contributed by atoms with E-state index in [-0.39, 0.29) is 110 Å². The highest BCUT2D eigenvalue weighted by atomic mass is 35.5. The fraction of sp³-hybridized carbons (Fsp3) is 0.438. The molecule has 6 aliphatic rings. The average Bonchev–Trinajstić information content (AvgIpc) is 1.61. The molecule has 49 heteroatoms. The molecule has 3 aliphatic carbocycles. The molecule has 0 bridgehead atoms. The topological polar surface area (TPSA) is 350 Å². The van der Waals surface area contributed by atoms with Crippen molar-refractivity contribution < 1.29 is 83.0 Å². The molecule has 11 aromatic rings. The van der Waals surface area contributed by atoms with Gasteiger partial charge in [-0.2, -0.15) is 25.5 Å². The van der Waals surface area contributed by atoms with Crippen LogP contribution in [0, 0.1) is 34.6 Å². The highest BCUT2D eigenvalue weighted by Gasteiger charge is 2.37. The molecule has 3 aliphatic heterocycles. The van der Waals surface area contributed by atoms with Crippen molar-refractivity contribution in [1.29, 1.82) is 0 Å². The second-order valence-corrected chi connectivity index (χ2v) is 35.7. The van der Waals surface area contributed by atoms with Crippen molar-refractivity contribution in [3.63, 3.8) is 0 Å². The minimum atomic E-state index is -2.58. The van der Waals surface area contributed by atoms with Crippen molar-refractivity contribution in [1.82, 2.24) is 78.8 Å². The molecule has 0 atom stereocenters. The molecule has 11 aromatic heterocycles. The lowest BCUT2D eigenvalue weighted by atomic mass is 9.92. The molecule has 0 unspecified atom stereocenters. The lowest BCUT2D eigenvalue weighted by molar-refractivity contribution is -0.135. The lowest BCUT2D eigenvalue weighted by Crippen LogP contribution is -2.38. The van der Waals surface area contributed by atoms with E-state index < -0.39 is 43.8 Å². The summed E-state index contributed by atoms with van der Waals surface area (Å²) in [5, 5.41) is 48.3. The van der Waals surface area contributed by atoms with E-state index in [0.29, 0.717) is 206 Å². The van der Waals surface area contributed by atoms with Gasteiger partial charge in [0.2, 0.25) is 17.8 Å². The van der Waals surface area contributed by atoms with Gasteiger partial charge in [0.25, 0.3) is 0 Å². The fourth-order valence-corrected chi connectivity index (χ4v) is 15.4. The number of aliphatic hydroxyl groups is 2. The van der Waals surface area contributed by atoms with Gasteiger partial charge in [-0.1, -0.05) is 122 Å². The van der Waals surface area contributed by atoms with E-state index in [1.165, 1.54) is 43.0 Å². The molecular weight excluding hydrogens is 2050 g/mol. The van der Waals surface area contributed by atoms with E-state index in [1.54, 1.807) is 126 Å². The summed E-state index contributed by atoms with van der Waals surface area (Å²) >= 11 is 57.6. The number of alkyl halides is 9. The zero-order chi connectivity index (χ0) is 100.